The number of hydrogen-bond donors (Lipinski definition) is 1. The summed E-state index contributed by atoms with van der Waals surface area (Å²) in [5.74, 6) is 0.262. The molecule has 0 radical (unpaired) electrons. The van der Waals surface area contributed by atoms with Crippen molar-refractivity contribution in [2.75, 3.05) is 6.67 Å². The molecule has 0 aromatic carbocycles. The summed E-state index contributed by atoms with van der Waals surface area (Å²) in [7, 11) is 0. The van der Waals surface area contributed by atoms with Crippen LogP contribution in [0.5, 0.6) is 0 Å². The van der Waals surface area contributed by atoms with Crippen molar-refractivity contribution in [3.05, 3.63) is 48.1 Å². The molecule has 3 heterocycles. The second-order valence-corrected chi connectivity index (χ2v) is 7.74. The molecule has 0 unspecified atom stereocenters. The molecule has 26 heavy (non-hydrogen) atoms. The van der Waals surface area contributed by atoms with Crippen molar-refractivity contribution in [2.24, 2.45) is 5.92 Å². The van der Waals surface area contributed by atoms with E-state index in [2.05, 4.69) is 10.1 Å². The fourth-order valence-electron chi connectivity index (χ4n) is 3.33. The highest BCUT2D eigenvalue weighted by atomic mass is 32.1. The number of H-pyrrole nitrogens is 1. The van der Waals surface area contributed by atoms with Crippen LogP contribution < -0.4 is 16.9 Å². The van der Waals surface area contributed by atoms with Gasteiger partial charge in [0.25, 0.3) is 5.56 Å². The lowest BCUT2D eigenvalue weighted by atomic mass is 10.2. The summed E-state index contributed by atoms with van der Waals surface area (Å²) in [6.45, 7) is 3.17. The van der Waals surface area contributed by atoms with E-state index in [4.69, 9.17) is 0 Å². The molecule has 0 aliphatic heterocycles. The van der Waals surface area contributed by atoms with Crippen molar-refractivity contribution in [1.29, 1.82) is 0 Å². The highest BCUT2D eigenvalue weighted by Gasteiger charge is 2.38. The van der Waals surface area contributed by atoms with E-state index in [1.54, 1.807) is 6.92 Å². The molecule has 8 nitrogen and oxygen atoms in total. The Hall–Kier alpha value is -2.49. The van der Waals surface area contributed by atoms with Gasteiger partial charge in [0, 0.05) is 10.9 Å². The standard InChI is InChI=1S/C16H18FN5O3S/c1-8-5-10(8)22-13(23)12-9(2)11(6-21-15(24)18-7-19-21)26-14(12)20(4-3-17)16(22)25/h7-8,10H,3-6H2,1-2H3,(H,18,19,24)/t8-,10-/m0/s1. The first-order valence-corrected chi connectivity index (χ1v) is 9.19. The van der Waals surface area contributed by atoms with Gasteiger partial charge in [0.15, 0.2) is 0 Å². The molecule has 3 aromatic heterocycles. The van der Waals surface area contributed by atoms with Crippen molar-refractivity contribution >= 4 is 21.6 Å². The quantitative estimate of drug-likeness (QED) is 0.716. The zero-order valence-electron chi connectivity index (χ0n) is 14.4. The zero-order valence-corrected chi connectivity index (χ0v) is 15.2. The van der Waals surface area contributed by atoms with Crippen LogP contribution in [0.15, 0.2) is 20.7 Å². The van der Waals surface area contributed by atoms with Crippen LogP contribution in [0.25, 0.3) is 10.2 Å². The van der Waals surface area contributed by atoms with E-state index in [9.17, 15) is 18.8 Å². The Morgan fingerprint density at radius 2 is 2.12 bits per heavy atom. The molecular formula is C16H18FN5O3S. The first kappa shape index (κ1) is 17.0. The Labute approximate surface area is 150 Å². The summed E-state index contributed by atoms with van der Waals surface area (Å²) in [6.07, 6.45) is 2.07. The second kappa shape index (κ2) is 6.04. The van der Waals surface area contributed by atoms with Gasteiger partial charge in [-0.15, -0.1) is 11.3 Å². The van der Waals surface area contributed by atoms with Crippen LogP contribution in [-0.2, 0) is 13.1 Å². The molecular weight excluding hydrogens is 361 g/mol. The number of nitrogens with one attached hydrogen (secondary N) is 1. The number of aromatic nitrogens is 5. The fraction of sp³-hybridized carbons (Fsp3) is 0.500. The number of nitrogens with zero attached hydrogens (tertiary/aromatic N) is 4. The van der Waals surface area contributed by atoms with Gasteiger partial charge in [-0.25, -0.2) is 18.7 Å². The lowest BCUT2D eigenvalue weighted by molar-refractivity contribution is 0.434. The Morgan fingerprint density at radius 3 is 2.69 bits per heavy atom. The molecule has 2 atom stereocenters. The van der Waals surface area contributed by atoms with Crippen LogP contribution in [-0.4, -0.2) is 30.6 Å². The number of thiophene rings is 1. The average molecular weight is 379 g/mol. The van der Waals surface area contributed by atoms with E-state index in [0.29, 0.717) is 15.8 Å². The maximum Gasteiger partial charge on any atom is 0.343 e. The minimum absolute atomic E-state index is 0.0987. The highest BCUT2D eigenvalue weighted by molar-refractivity contribution is 7.18. The topological polar surface area (TPSA) is 94.7 Å². The predicted octanol–water partition coefficient (Wildman–Crippen LogP) is 1.02. The van der Waals surface area contributed by atoms with Crippen LogP contribution in [0.2, 0.25) is 0 Å². The second-order valence-electron chi connectivity index (χ2n) is 6.66. The Bertz CT molecular complexity index is 1170. The number of fused-ring (bicyclic) bond motifs is 1. The van der Waals surface area contributed by atoms with Gasteiger partial charge in [-0.05, 0) is 24.8 Å². The summed E-state index contributed by atoms with van der Waals surface area (Å²) in [5.41, 5.74) is -0.435. The highest BCUT2D eigenvalue weighted by Crippen LogP contribution is 2.41. The molecule has 1 aliphatic rings. The zero-order chi connectivity index (χ0) is 18.6. The molecule has 0 bridgehead atoms. The van der Waals surface area contributed by atoms with Gasteiger partial charge in [-0.3, -0.25) is 18.9 Å². The van der Waals surface area contributed by atoms with Crippen LogP contribution in [0, 0.1) is 12.8 Å². The van der Waals surface area contributed by atoms with Crippen LogP contribution in [0.1, 0.15) is 29.8 Å². The molecule has 3 aromatic rings. The van der Waals surface area contributed by atoms with E-state index in [1.165, 1.54) is 31.5 Å². The third-order valence-corrected chi connectivity index (χ3v) is 6.26. The molecule has 0 spiro atoms. The van der Waals surface area contributed by atoms with E-state index >= 15 is 0 Å². The van der Waals surface area contributed by atoms with Gasteiger partial charge in [0.2, 0.25) is 0 Å². The molecule has 1 fully saturated rings. The predicted molar refractivity (Wildman–Crippen MR) is 95.8 cm³/mol. The lowest BCUT2D eigenvalue weighted by Crippen LogP contribution is -2.40. The minimum atomic E-state index is -0.696. The number of aromatic amines is 1. The first-order valence-electron chi connectivity index (χ1n) is 8.37. The Balaban J connectivity index is 1.97. The summed E-state index contributed by atoms with van der Waals surface area (Å²) < 4.78 is 16.9. The van der Waals surface area contributed by atoms with E-state index in [1.807, 2.05) is 6.92 Å². The first-order chi connectivity index (χ1) is 12.4. The van der Waals surface area contributed by atoms with E-state index in [-0.39, 0.29) is 36.3 Å². The maximum absolute atomic E-state index is 13.1. The summed E-state index contributed by atoms with van der Waals surface area (Å²) in [4.78, 5) is 41.2. The van der Waals surface area contributed by atoms with Gasteiger partial charge in [-0.2, -0.15) is 5.10 Å². The summed E-state index contributed by atoms with van der Waals surface area (Å²) in [6, 6.07) is -0.123. The Kier molecular flexibility index (Phi) is 3.94. The molecule has 4 rings (SSSR count). The van der Waals surface area contributed by atoms with Gasteiger partial charge < -0.3 is 0 Å². The molecule has 138 valence electrons. The molecule has 0 saturated heterocycles. The normalized spacial score (nSPS) is 19.3. The van der Waals surface area contributed by atoms with Gasteiger partial charge >= 0.3 is 11.4 Å². The summed E-state index contributed by atoms with van der Waals surface area (Å²) >= 11 is 1.24. The monoisotopic (exact) mass is 379 g/mol. The lowest BCUT2D eigenvalue weighted by Gasteiger charge is -2.10. The molecule has 10 heteroatoms. The molecule has 1 saturated carbocycles. The number of halogens is 1. The van der Waals surface area contributed by atoms with Crippen molar-refractivity contribution < 1.29 is 4.39 Å². The number of aryl methyl sites for hydroxylation is 2. The maximum atomic E-state index is 13.1. The minimum Gasteiger partial charge on any atom is -0.295 e. The van der Waals surface area contributed by atoms with Gasteiger partial charge in [0.1, 0.15) is 17.8 Å². The van der Waals surface area contributed by atoms with Crippen molar-refractivity contribution in [3.63, 3.8) is 0 Å². The third kappa shape index (κ3) is 2.47. The SMILES string of the molecule is Cc1c(Cn2nc[nH]c2=O)sc2c1c(=O)n([C@H]1C[C@@H]1C)c(=O)n2CCF. The third-order valence-electron chi connectivity index (χ3n) is 4.96. The number of hydrogen-bond acceptors (Lipinski definition) is 5. The Morgan fingerprint density at radius 1 is 1.38 bits per heavy atom. The largest absolute Gasteiger partial charge is 0.343 e. The average Bonchev–Trinajstić information content (AvgIpc) is 3.01. The molecule has 1 aliphatic carbocycles. The van der Waals surface area contributed by atoms with Gasteiger partial charge in [-0.1, -0.05) is 6.92 Å². The summed E-state index contributed by atoms with van der Waals surface area (Å²) in [5, 5.41) is 4.36. The smallest absolute Gasteiger partial charge is 0.295 e. The fourth-order valence-corrected chi connectivity index (χ4v) is 4.62. The van der Waals surface area contributed by atoms with Crippen LogP contribution in [0.3, 0.4) is 0 Å². The van der Waals surface area contributed by atoms with E-state index < -0.39 is 12.4 Å². The van der Waals surface area contributed by atoms with Crippen LogP contribution >= 0.6 is 11.3 Å². The van der Waals surface area contributed by atoms with Crippen molar-refractivity contribution in [2.45, 2.75) is 39.4 Å². The molecule has 1 N–H and O–H groups in total. The van der Waals surface area contributed by atoms with Crippen LogP contribution in [0.4, 0.5) is 4.39 Å². The number of alkyl halides is 1. The van der Waals surface area contributed by atoms with Crippen molar-refractivity contribution in [1.82, 2.24) is 23.9 Å². The molecule has 0 amide bonds. The van der Waals surface area contributed by atoms with Gasteiger partial charge in [0.05, 0.1) is 18.5 Å². The number of rotatable bonds is 5. The van der Waals surface area contributed by atoms with E-state index in [0.717, 1.165) is 11.3 Å². The van der Waals surface area contributed by atoms with Crippen molar-refractivity contribution in [3.8, 4) is 0 Å².